The van der Waals surface area contributed by atoms with Crippen molar-refractivity contribution in [3.05, 3.63) is 0 Å². The molecule has 0 fully saturated rings. The average molecular weight is 385 g/mol. The first-order chi connectivity index (χ1) is 13.2. The summed E-state index contributed by atoms with van der Waals surface area (Å²) in [5, 5.41) is 12.3. The van der Waals surface area contributed by atoms with E-state index < -0.39 is 12.0 Å². The van der Waals surface area contributed by atoms with E-state index in [0.29, 0.717) is 13.0 Å². The van der Waals surface area contributed by atoms with Crippen LogP contribution in [0, 0.1) is 0 Å². The Morgan fingerprint density at radius 3 is 1.52 bits per heavy atom. The van der Waals surface area contributed by atoms with Crippen LogP contribution in [0.2, 0.25) is 0 Å². The normalized spacial score (nSPS) is 12.4. The van der Waals surface area contributed by atoms with Gasteiger partial charge in [0.05, 0.1) is 0 Å². The minimum absolute atomic E-state index is 0.426. The van der Waals surface area contributed by atoms with Crippen LogP contribution in [0.5, 0.6) is 0 Å². The van der Waals surface area contributed by atoms with Crippen molar-refractivity contribution >= 4 is 5.97 Å². The molecule has 0 heterocycles. The summed E-state index contributed by atoms with van der Waals surface area (Å²) in [4.78, 5) is 11.1. The van der Waals surface area contributed by atoms with Crippen LogP contribution < -0.4 is 11.1 Å². The van der Waals surface area contributed by atoms with Gasteiger partial charge in [-0.25, -0.2) is 0 Å². The molecular formula is C23H48N2O2. The highest BCUT2D eigenvalue weighted by molar-refractivity contribution is 5.73. The predicted molar refractivity (Wildman–Crippen MR) is 117 cm³/mol. The topological polar surface area (TPSA) is 75.3 Å². The van der Waals surface area contributed by atoms with E-state index in [1.165, 1.54) is 96.3 Å². The molecule has 0 spiro atoms. The summed E-state index contributed by atoms with van der Waals surface area (Å²) in [6.45, 7) is 3.64. The Labute approximate surface area is 169 Å². The van der Waals surface area contributed by atoms with Gasteiger partial charge in [-0.3, -0.25) is 4.79 Å². The highest BCUT2D eigenvalue weighted by atomic mass is 16.4. The number of hydrogen-bond acceptors (Lipinski definition) is 3. The maximum Gasteiger partial charge on any atom is 0.320 e. The first kappa shape index (κ1) is 26.4. The second-order valence-corrected chi connectivity index (χ2v) is 8.08. The monoisotopic (exact) mass is 384 g/mol. The van der Waals surface area contributed by atoms with Gasteiger partial charge in [-0.15, -0.1) is 0 Å². The van der Waals surface area contributed by atoms with E-state index in [4.69, 9.17) is 10.8 Å². The fourth-order valence-corrected chi connectivity index (χ4v) is 3.58. The second-order valence-electron chi connectivity index (χ2n) is 8.08. The molecule has 0 aliphatic carbocycles. The summed E-state index contributed by atoms with van der Waals surface area (Å²) in [6, 6.07) is -0.426. The molecule has 0 saturated heterocycles. The number of aliphatic carboxylic acids is 1. The molecule has 4 nitrogen and oxygen atoms in total. The van der Waals surface area contributed by atoms with E-state index in [1.54, 1.807) is 0 Å². The van der Waals surface area contributed by atoms with Gasteiger partial charge in [0, 0.05) is 0 Å². The van der Waals surface area contributed by atoms with Crippen molar-refractivity contribution in [2.45, 2.75) is 129 Å². The van der Waals surface area contributed by atoms with Gasteiger partial charge < -0.3 is 16.2 Å². The molecule has 1 atom stereocenters. The lowest BCUT2D eigenvalue weighted by atomic mass is 10.0. The lowest BCUT2D eigenvalue weighted by molar-refractivity contribution is -0.139. The quantitative estimate of drug-likeness (QED) is 0.199. The zero-order valence-corrected chi connectivity index (χ0v) is 18.2. The third-order valence-electron chi connectivity index (χ3n) is 5.42. The Morgan fingerprint density at radius 2 is 1.15 bits per heavy atom. The maximum atomic E-state index is 11.1. The number of nitrogens with one attached hydrogen (secondary N) is 1. The van der Waals surface area contributed by atoms with Crippen molar-refractivity contribution in [2.24, 2.45) is 5.73 Å². The highest BCUT2D eigenvalue weighted by Gasteiger charge is 2.14. The predicted octanol–water partition coefficient (Wildman–Crippen LogP) is 6.03. The molecule has 0 rings (SSSR count). The fraction of sp³-hybridized carbons (Fsp3) is 0.957. The van der Waals surface area contributed by atoms with Crippen LogP contribution in [0.4, 0.5) is 0 Å². The number of rotatable bonds is 22. The molecule has 0 radical (unpaired) electrons. The molecule has 0 aliphatic heterocycles. The first-order valence-corrected chi connectivity index (χ1v) is 11.9. The van der Waals surface area contributed by atoms with E-state index in [-0.39, 0.29) is 0 Å². The summed E-state index contributed by atoms with van der Waals surface area (Å²) in [6.07, 6.45) is 23.2. The Balaban J connectivity index is 3.21. The number of hydrogen-bond donors (Lipinski definition) is 3. The highest BCUT2D eigenvalue weighted by Crippen LogP contribution is 2.13. The average Bonchev–Trinajstić information content (AvgIpc) is 2.66. The van der Waals surface area contributed by atoms with Gasteiger partial charge in [0.2, 0.25) is 0 Å². The van der Waals surface area contributed by atoms with E-state index >= 15 is 0 Å². The van der Waals surface area contributed by atoms with Crippen LogP contribution >= 0.6 is 0 Å². The zero-order chi connectivity index (χ0) is 20.0. The van der Waals surface area contributed by atoms with Gasteiger partial charge in [0.15, 0.2) is 0 Å². The number of carboxylic acids is 1. The van der Waals surface area contributed by atoms with Crippen molar-refractivity contribution in [1.82, 2.24) is 5.32 Å². The molecule has 4 N–H and O–H groups in total. The van der Waals surface area contributed by atoms with E-state index in [1.807, 2.05) is 0 Å². The molecule has 0 aliphatic rings. The van der Waals surface area contributed by atoms with Gasteiger partial charge in [-0.05, 0) is 32.4 Å². The molecule has 0 bridgehead atoms. The largest absolute Gasteiger partial charge is 0.480 e. The molecule has 0 saturated carbocycles. The number of carboxylic acid groups (broad SMARTS) is 1. The molecule has 27 heavy (non-hydrogen) atoms. The lowest BCUT2D eigenvalue weighted by Crippen LogP contribution is -2.37. The van der Waals surface area contributed by atoms with Gasteiger partial charge >= 0.3 is 5.97 Å². The Hall–Kier alpha value is -0.610. The molecule has 4 heteroatoms. The van der Waals surface area contributed by atoms with Gasteiger partial charge in [0.25, 0.3) is 0 Å². The van der Waals surface area contributed by atoms with E-state index in [9.17, 15) is 4.79 Å². The Bertz CT molecular complexity index is 311. The third-order valence-corrected chi connectivity index (χ3v) is 5.42. The molecule has 1 unspecified atom stereocenters. The van der Waals surface area contributed by atoms with Crippen molar-refractivity contribution in [2.75, 3.05) is 13.1 Å². The van der Waals surface area contributed by atoms with Gasteiger partial charge in [0.1, 0.15) is 6.04 Å². The third kappa shape index (κ3) is 19.9. The number of unbranched alkanes of at least 4 members (excludes halogenated alkanes) is 15. The molecule has 0 aromatic carbocycles. The van der Waals surface area contributed by atoms with E-state index in [2.05, 4.69) is 12.2 Å². The van der Waals surface area contributed by atoms with Crippen molar-refractivity contribution < 1.29 is 9.90 Å². The molecule has 0 amide bonds. The minimum atomic E-state index is -0.750. The maximum absolute atomic E-state index is 11.1. The van der Waals surface area contributed by atoms with E-state index in [0.717, 1.165) is 19.4 Å². The van der Waals surface area contributed by atoms with Crippen molar-refractivity contribution in [3.8, 4) is 0 Å². The second kappa shape index (κ2) is 21.7. The smallest absolute Gasteiger partial charge is 0.320 e. The number of nitrogens with two attached hydrogens (primary N) is 1. The summed E-state index contributed by atoms with van der Waals surface area (Å²) in [7, 11) is 0. The molecule has 0 aromatic rings. The summed E-state index contributed by atoms with van der Waals surface area (Å²) in [5.41, 5.74) is 5.45. The van der Waals surface area contributed by atoms with Crippen LogP contribution in [0.25, 0.3) is 0 Å². The Morgan fingerprint density at radius 1 is 0.741 bits per heavy atom. The standard InChI is InChI=1S/C23H48N2O2/c1-2-3-4-5-6-7-8-9-10-11-12-13-14-15-16-17-21-25-22(23(26)27)19-18-20-24/h22,25H,2-21,24H2,1H3,(H,26,27). The number of carbonyl (C=O) groups is 1. The van der Waals surface area contributed by atoms with Crippen LogP contribution in [0.1, 0.15) is 122 Å². The first-order valence-electron chi connectivity index (χ1n) is 11.9. The fourth-order valence-electron chi connectivity index (χ4n) is 3.58. The van der Waals surface area contributed by atoms with Crippen LogP contribution in [0.15, 0.2) is 0 Å². The van der Waals surface area contributed by atoms with Crippen molar-refractivity contribution in [3.63, 3.8) is 0 Å². The zero-order valence-electron chi connectivity index (χ0n) is 18.2. The van der Waals surface area contributed by atoms with Crippen LogP contribution in [-0.2, 0) is 4.79 Å². The summed E-state index contributed by atoms with van der Waals surface area (Å²) >= 11 is 0. The summed E-state index contributed by atoms with van der Waals surface area (Å²) < 4.78 is 0. The van der Waals surface area contributed by atoms with Crippen LogP contribution in [-0.4, -0.2) is 30.2 Å². The molecule has 0 aromatic heterocycles. The lowest BCUT2D eigenvalue weighted by Gasteiger charge is -2.13. The SMILES string of the molecule is CCCCCCCCCCCCCCCCCCNC(CCCN)C(=O)O. The van der Waals surface area contributed by atoms with Crippen molar-refractivity contribution in [1.29, 1.82) is 0 Å². The molecular weight excluding hydrogens is 336 g/mol. The summed E-state index contributed by atoms with van der Waals surface area (Å²) in [5.74, 6) is -0.750. The van der Waals surface area contributed by atoms with Crippen LogP contribution in [0.3, 0.4) is 0 Å². The minimum Gasteiger partial charge on any atom is -0.480 e. The Kier molecular flexibility index (Phi) is 21.2. The molecule has 162 valence electrons. The van der Waals surface area contributed by atoms with Gasteiger partial charge in [-0.1, -0.05) is 103 Å². The van der Waals surface area contributed by atoms with Gasteiger partial charge in [-0.2, -0.15) is 0 Å².